The van der Waals surface area contributed by atoms with Crippen molar-refractivity contribution < 1.29 is 27.8 Å². The first kappa shape index (κ1) is 30.1. The summed E-state index contributed by atoms with van der Waals surface area (Å²) in [4.78, 5) is 25.6. The molecule has 43 heavy (non-hydrogen) atoms. The van der Waals surface area contributed by atoms with E-state index in [0.29, 0.717) is 46.1 Å². The Morgan fingerprint density at radius 1 is 1.14 bits per heavy atom. The summed E-state index contributed by atoms with van der Waals surface area (Å²) in [5.74, 6) is 1.23. The highest BCUT2D eigenvalue weighted by Gasteiger charge is 2.34. The van der Waals surface area contributed by atoms with E-state index >= 15 is 0 Å². The molecule has 0 spiro atoms. The lowest BCUT2D eigenvalue weighted by Crippen LogP contribution is -2.46. The molecule has 5 rings (SSSR count). The highest BCUT2D eigenvalue weighted by Crippen LogP contribution is 2.37. The fraction of sp³-hybridized carbons (Fsp3) is 0.241. The number of anilines is 2. The fourth-order valence-electron chi connectivity index (χ4n) is 4.39. The van der Waals surface area contributed by atoms with Gasteiger partial charge in [-0.05, 0) is 57.2 Å². The molecule has 0 radical (unpaired) electrons. The van der Waals surface area contributed by atoms with E-state index in [0.717, 1.165) is 16.7 Å². The first-order valence-corrected chi connectivity index (χ1v) is 14.2. The Balaban J connectivity index is 1.33. The summed E-state index contributed by atoms with van der Waals surface area (Å²) in [6.45, 7) is 6.18. The normalized spacial score (nSPS) is 12.0. The molecule has 0 aliphatic rings. The van der Waals surface area contributed by atoms with E-state index in [9.17, 15) is 23.1 Å². The molecule has 0 aliphatic heterocycles. The zero-order valence-corrected chi connectivity index (χ0v) is 24.8. The van der Waals surface area contributed by atoms with E-state index in [2.05, 4.69) is 20.3 Å². The standard InChI is InChI=1S/C29H26ClF3N6O3S/c1-28(2,3)39(27(40)41)12-11-38-10-9-21-24(38)25(35-16-34-21)36-18-7-8-22(20(30)14-18)42-19-6-4-5-17(13-19)26-37-23(15-43-26)29(31,32)33/h4-10,13-16H,11-12H2,1-3H3,(H,40,41)(H,34,35,36). The number of hydrogen-bond acceptors (Lipinski definition) is 7. The third-order valence-corrected chi connectivity index (χ3v) is 7.64. The number of alkyl halides is 3. The van der Waals surface area contributed by atoms with Crippen molar-refractivity contribution in [2.24, 2.45) is 0 Å². The van der Waals surface area contributed by atoms with Crippen LogP contribution in [-0.2, 0) is 12.7 Å². The van der Waals surface area contributed by atoms with Crippen molar-refractivity contribution >= 4 is 51.6 Å². The second-order valence-corrected chi connectivity index (χ2v) is 11.8. The van der Waals surface area contributed by atoms with Crippen LogP contribution in [0.25, 0.3) is 21.6 Å². The molecule has 0 fully saturated rings. The van der Waals surface area contributed by atoms with Gasteiger partial charge in [0, 0.05) is 41.5 Å². The average molecular weight is 631 g/mol. The molecular formula is C29H26ClF3N6O3S. The van der Waals surface area contributed by atoms with Crippen molar-refractivity contribution in [1.29, 1.82) is 0 Å². The summed E-state index contributed by atoms with van der Waals surface area (Å²) >= 11 is 7.44. The van der Waals surface area contributed by atoms with Crippen LogP contribution in [0.15, 0.2) is 66.4 Å². The zero-order valence-electron chi connectivity index (χ0n) is 23.2. The molecule has 0 atom stereocenters. The largest absolute Gasteiger partial charge is 0.465 e. The van der Waals surface area contributed by atoms with E-state index in [1.807, 2.05) is 37.6 Å². The minimum absolute atomic E-state index is 0.221. The number of carbonyl (C=O) groups is 1. The Bertz CT molecular complexity index is 1780. The van der Waals surface area contributed by atoms with E-state index in [1.165, 1.54) is 11.2 Å². The van der Waals surface area contributed by atoms with Gasteiger partial charge in [-0.3, -0.25) is 0 Å². The highest BCUT2D eigenvalue weighted by molar-refractivity contribution is 7.13. The maximum absolute atomic E-state index is 13.0. The van der Waals surface area contributed by atoms with Crippen LogP contribution in [0.2, 0.25) is 5.02 Å². The van der Waals surface area contributed by atoms with Crippen LogP contribution in [0.3, 0.4) is 0 Å². The fourth-order valence-corrected chi connectivity index (χ4v) is 5.43. The number of amides is 1. The van der Waals surface area contributed by atoms with Crippen LogP contribution in [-0.4, -0.2) is 47.7 Å². The lowest BCUT2D eigenvalue weighted by molar-refractivity contribution is -0.140. The second-order valence-electron chi connectivity index (χ2n) is 10.5. The lowest BCUT2D eigenvalue weighted by Gasteiger charge is -2.33. The molecule has 9 nitrogen and oxygen atoms in total. The maximum atomic E-state index is 13.0. The molecule has 224 valence electrons. The van der Waals surface area contributed by atoms with Crippen LogP contribution in [0, 0.1) is 0 Å². The van der Waals surface area contributed by atoms with Gasteiger partial charge < -0.3 is 24.6 Å². The Kier molecular flexibility index (Phi) is 8.21. The van der Waals surface area contributed by atoms with Gasteiger partial charge in [-0.2, -0.15) is 13.2 Å². The van der Waals surface area contributed by atoms with Crippen molar-refractivity contribution in [2.75, 3.05) is 11.9 Å². The van der Waals surface area contributed by atoms with E-state index in [-0.39, 0.29) is 16.6 Å². The topological polar surface area (TPSA) is 105 Å². The summed E-state index contributed by atoms with van der Waals surface area (Å²) in [6.07, 6.45) is -2.25. The number of nitrogens with zero attached hydrogens (tertiary/aromatic N) is 5. The van der Waals surface area contributed by atoms with E-state index < -0.39 is 23.5 Å². The summed E-state index contributed by atoms with van der Waals surface area (Å²) in [7, 11) is 0. The Morgan fingerprint density at radius 2 is 1.93 bits per heavy atom. The average Bonchev–Trinajstić information content (AvgIpc) is 3.58. The third kappa shape index (κ3) is 6.83. The van der Waals surface area contributed by atoms with Crippen molar-refractivity contribution in [3.8, 4) is 22.1 Å². The van der Waals surface area contributed by atoms with Gasteiger partial charge in [0.1, 0.15) is 28.4 Å². The molecule has 0 saturated heterocycles. The molecule has 1 amide bonds. The van der Waals surface area contributed by atoms with Gasteiger partial charge in [0.25, 0.3) is 0 Å². The number of halogens is 4. The number of fused-ring (bicyclic) bond motifs is 1. The number of thiazole rings is 1. The number of benzene rings is 2. The number of nitrogens with one attached hydrogen (secondary N) is 1. The first-order valence-electron chi connectivity index (χ1n) is 13.0. The SMILES string of the molecule is CC(C)(C)N(CCn1ccc2ncnc(Nc3ccc(Oc4cccc(-c5nc(C(F)(F)F)cs5)c4)c(Cl)c3)c21)C(=O)O. The lowest BCUT2D eigenvalue weighted by atomic mass is 10.1. The van der Waals surface area contributed by atoms with Gasteiger partial charge in [0.15, 0.2) is 11.5 Å². The molecule has 0 saturated carbocycles. The summed E-state index contributed by atoms with van der Waals surface area (Å²) < 4.78 is 46.8. The van der Waals surface area contributed by atoms with Crippen molar-refractivity contribution in [3.05, 3.63) is 77.2 Å². The highest BCUT2D eigenvalue weighted by atomic mass is 35.5. The predicted octanol–water partition coefficient (Wildman–Crippen LogP) is 8.54. The molecule has 14 heteroatoms. The second kappa shape index (κ2) is 11.7. The molecular weight excluding hydrogens is 605 g/mol. The van der Waals surface area contributed by atoms with Gasteiger partial charge in [0.05, 0.1) is 10.5 Å². The molecule has 3 aromatic heterocycles. The van der Waals surface area contributed by atoms with E-state index in [1.54, 1.807) is 42.5 Å². The van der Waals surface area contributed by atoms with Crippen molar-refractivity contribution in [3.63, 3.8) is 0 Å². The van der Waals surface area contributed by atoms with Crippen LogP contribution in [0.1, 0.15) is 26.5 Å². The smallest absolute Gasteiger partial charge is 0.434 e. The van der Waals surface area contributed by atoms with Crippen LogP contribution in [0.5, 0.6) is 11.5 Å². The molecule has 0 unspecified atom stereocenters. The summed E-state index contributed by atoms with van der Waals surface area (Å²) in [5.41, 5.74) is 0.978. The van der Waals surface area contributed by atoms with E-state index in [4.69, 9.17) is 16.3 Å². The van der Waals surface area contributed by atoms with Crippen molar-refractivity contribution in [2.45, 2.75) is 39.0 Å². The Morgan fingerprint density at radius 3 is 2.60 bits per heavy atom. The molecule has 0 aliphatic carbocycles. The van der Waals surface area contributed by atoms with Crippen LogP contribution < -0.4 is 10.1 Å². The van der Waals surface area contributed by atoms with Crippen LogP contribution in [0.4, 0.5) is 29.5 Å². The predicted molar refractivity (Wildman–Crippen MR) is 159 cm³/mol. The molecule has 5 aromatic rings. The summed E-state index contributed by atoms with van der Waals surface area (Å²) in [5, 5.41) is 14.4. The zero-order chi connectivity index (χ0) is 30.9. The molecule has 2 aromatic carbocycles. The van der Waals surface area contributed by atoms with Gasteiger partial charge >= 0.3 is 12.3 Å². The van der Waals surface area contributed by atoms with Gasteiger partial charge in [-0.1, -0.05) is 23.7 Å². The number of rotatable bonds is 8. The number of carboxylic acid groups (broad SMARTS) is 1. The Hall–Kier alpha value is -4.36. The summed E-state index contributed by atoms with van der Waals surface area (Å²) in [6, 6.07) is 13.5. The van der Waals surface area contributed by atoms with Gasteiger partial charge in [0.2, 0.25) is 0 Å². The minimum atomic E-state index is -4.51. The number of aromatic nitrogens is 4. The molecule has 0 bridgehead atoms. The minimum Gasteiger partial charge on any atom is -0.465 e. The van der Waals surface area contributed by atoms with Crippen molar-refractivity contribution in [1.82, 2.24) is 24.4 Å². The number of ether oxygens (including phenoxy) is 1. The van der Waals surface area contributed by atoms with Gasteiger partial charge in [-0.25, -0.2) is 19.7 Å². The third-order valence-electron chi connectivity index (χ3n) is 6.45. The maximum Gasteiger partial charge on any atom is 0.434 e. The number of hydrogen-bond donors (Lipinski definition) is 2. The molecule has 2 N–H and O–H groups in total. The Labute approximate surface area is 253 Å². The quantitative estimate of drug-likeness (QED) is 0.177. The first-order chi connectivity index (χ1) is 20.3. The monoisotopic (exact) mass is 630 g/mol. The molecule has 3 heterocycles. The van der Waals surface area contributed by atoms with Gasteiger partial charge in [-0.15, -0.1) is 11.3 Å². The van der Waals surface area contributed by atoms with Crippen LogP contribution >= 0.6 is 22.9 Å².